The van der Waals surface area contributed by atoms with E-state index in [9.17, 15) is 10.1 Å². The molecular weight excluding hydrogens is 232 g/mol. The van der Waals surface area contributed by atoms with Crippen LogP contribution in [0.2, 0.25) is 0 Å². The van der Waals surface area contributed by atoms with Crippen molar-refractivity contribution < 1.29 is 4.92 Å². The zero-order valence-corrected chi connectivity index (χ0v) is 11.0. The van der Waals surface area contributed by atoms with Crippen LogP contribution in [0.15, 0.2) is 18.2 Å². The molecule has 0 spiro atoms. The van der Waals surface area contributed by atoms with Crippen LogP contribution in [-0.2, 0) is 0 Å². The molecule has 100 valence electrons. The summed E-state index contributed by atoms with van der Waals surface area (Å²) < 4.78 is 0. The minimum Gasteiger partial charge on any atom is -0.397 e. The number of nitrogens with two attached hydrogens (primary N) is 1. The SMILES string of the molecule is CC(C)N(C)CCNc1ccc([N+](=O)[O-])cc1N. The Bertz CT molecular complexity index is 421. The van der Waals surface area contributed by atoms with Gasteiger partial charge in [0.15, 0.2) is 0 Å². The lowest BCUT2D eigenvalue weighted by molar-refractivity contribution is -0.384. The van der Waals surface area contributed by atoms with E-state index in [0.717, 1.165) is 18.8 Å². The number of likely N-dealkylation sites (N-methyl/N-ethyl adjacent to an activating group) is 1. The molecule has 0 heterocycles. The summed E-state index contributed by atoms with van der Waals surface area (Å²) in [5.41, 5.74) is 6.90. The van der Waals surface area contributed by atoms with Crippen LogP contribution in [0.1, 0.15) is 13.8 Å². The average molecular weight is 252 g/mol. The highest BCUT2D eigenvalue weighted by Gasteiger charge is 2.08. The van der Waals surface area contributed by atoms with Gasteiger partial charge < -0.3 is 16.0 Å². The highest BCUT2D eigenvalue weighted by Crippen LogP contribution is 2.23. The second kappa shape index (κ2) is 6.20. The average Bonchev–Trinajstić information content (AvgIpc) is 2.30. The van der Waals surface area contributed by atoms with Gasteiger partial charge >= 0.3 is 0 Å². The van der Waals surface area contributed by atoms with Gasteiger partial charge in [-0.25, -0.2) is 0 Å². The summed E-state index contributed by atoms with van der Waals surface area (Å²) in [4.78, 5) is 12.3. The van der Waals surface area contributed by atoms with Crippen molar-refractivity contribution in [3.8, 4) is 0 Å². The van der Waals surface area contributed by atoms with Crippen molar-refractivity contribution in [2.45, 2.75) is 19.9 Å². The van der Waals surface area contributed by atoms with E-state index in [1.165, 1.54) is 12.1 Å². The fourth-order valence-electron chi connectivity index (χ4n) is 1.45. The molecule has 0 saturated carbocycles. The van der Waals surface area contributed by atoms with E-state index in [2.05, 4.69) is 24.1 Å². The molecule has 0 atom stereocenters. The third kappa shape index (κ3) is 3.89. The Kier molecular flexibility index (Phi) is 4.91. The molecule has 0 aromatic heterocycles. The Morgan fingerprint density at radius 3 is 2.67 bits per heavy atom. The maximum absolute atomic E-state index is 10.6. The lowest BCUT2D eigenvalue weighted by Crippen LogP contribution is -2.31. The van der Waals surface area contributed by atoms with Crippen molar-refractivity contribution in [1.82, 2.24) is 4.90 Å². The van der Waals surface area contributed by atoms with Crippen LogP contribution in [0.25, 0.3) is 0 Å². The largest absolute Gasteiger partial charge is 0.397 e. The highest BCUT2D eigenvalue weighted by molar-refractivity contribution is 5.69. The van der Waals surface area contributed by atoms with Gasteiger partial charge in [0, 0.05) is 31.3 Å². The molecular formula is C12H20N4O2. The van der Waals surface area contributed by atoms with Gasteiger partial charge in [0.25, 0.3) is 5.69 Å². The molecule has 0 amide bonds. The summed E-state index contributed by atoms with van der Waals surface area (Å²) >= 11 is 0. The van der Waals surface area contributed by atoms with E-state index in [-0.39, 0.29) is 5.69 Å². The maximum atomic E-state index is 10.6. The van der Waals surface area contributed by atoms with Crippen LogP contribution in [0.3, 0.4) is 0 Å². The van der Waals surface area contributed by atoms with Gasteiger partial charge in [0.2, 0.25) is 0 Å². The first-order valence-electron chi connectivity index (χ1n) is 5.90. The number of nitrogens with zero attached hydrogens (tertiary/aromatic N) is 2. The van der Waals surface area contributed by atoms with Crippen LogP contribution < -0.4 is 11.1 Å². The number of benzene rings is 1. The Hall–Kier alpha value is -1.82. The van der Waals surface area contributed by atoms with E-state index in [1.54, 1.807) is 6.07 Å². The number of anilines is 2. The lowest BCUT2D eigenvalue weighted by atomic mass is 10.2. The molecule has 6 nitrogen and oxygen atoms in total. The number of hydrogen-bond acceptors (Lipinski definition) is 5. The Balaban J connectivity index is 2.56. The Labute approximate surface area is 107 Å². The predicted octanol–water partition coefficient (Wildman–Crippen LogP) is 1.93. The fraction of sp³-hybridized carbons (Fsp3) is 0.500. The summed E-state index contributed by atoms with van der Waals surface area (Å²) in [7, 11) is 2.05. The van der Waals surface area contributed by atoms with Crippen molar-refractivity contribution in [3.05, 3.63) is 28.3 Å². The van der Waals surface area contributed by atoms with Crippen molar-refractivity contribution in [1.29, 1.82) is 0 Å². The van der Waals surface area contributed by atoms with Crippen LogP contribution in [0.4, 0.5) is 17.1 Å². The molecule has 0 radical (unpaired) electrons. The molecule has 0 aliphatic carbocycles. The quantitative estimate of drug-likeness (QED) is 0.459. The van der Waals surface area contributed by atoms with Gasteiger partial charge in [0.1, 0.15) is 0 Å². The van der Waals surface area contributed by atoms with Crippen molar-refractivity contribution in [2.24, 2.45) is 0 Å². The van der Waals surface area contributed by atoms with Gasteiger partial charge in [0.05, 0.1) is 16.3 Å². The summed E-state index contributed by atoms with van der Waals surface area (Å²) in [6.07, 6.45) is 0. The van der Waals surface area contributed by atoms with Gasteiger partial charge in [-0.15, -0.1) is 0 Å². The Morgan fingerprint density at radius 1 is 1.50 bits per heavy atom. The normalized spacial score (nSPS) is 10.9. The minimum atomic E-state index is -0.452. The van der Waals surface area contributed by atoms with Gasteiger partial charge in [-0.05, 0) is 27.0 Å². The molecule has 0 aliphatic rings. The molecule has 0 aliphatic heterocycles. The molecule has 0 saturated heterocycles. The van der Waals surface area contributed by atoms with Gasteiger partial charge in [-0.3, -0.25) is 10.1 Å². The number of nitrogens with one attached hydrogen (secondary N) is 1. The zero-order chi connectivity index (χ0) is 13.7. The van der Waals surface area contributed by atoms with E-state index in [4.69, 9.17) is 5.73 Å². The third-order valence-corrected chi connectivity index (χ3v) is 2.91. The first kappa shape index (κ1) is 14.2. The zero-order valence-electron chi connectivity index (χ0n) is 11.0. The molecule has 3 N–H and O–H groups in total. The molecule has 0 unspecified atom stereocenters. The second-order valence-corrected chi connectivity index (χ2v) is 4.53. The van der Waals surface area contributed by atoms with E-state index >= 15 is 0 Å². The maximum Gasteiger partial charge on any atom is 0.271 e. The van der Waals surface area contributed by atoms with Crippen LogP contribution >= 0.6 is 0 Å². The van der Waals surface area contributed by atoms with Gasteiger partial charge in [-0.2, -0.15) is 0 Å². The highest BCUT2D eigenvalue weighted by atomic mass is 16.6. The first-order chi connectivity index (χ1) is 8.41. The van der Waals surface area contributed by atoms with Crippen LogP contribution in [0.5, 0.6) is 0 Å². The topological polar surface area (TPSA) is 84.4 Å². The number of nitro benzene ring substituents is 1. The number of rotatable bonds is 6. The van der Waals surface area contributed by atoms with E-state index in [0.29, 0.717) is 11.7 Å². The number of nitrogen functional groups attached to an aromatic ring is 1. The number of hydrogen-bond donors (Lipinski definition) is 2. The van der Waals surface area contributed by atoms with Crippen molar-refractivity contribution >= 4 is 17.1 Å². The molecule has 18 heavy (non-hydrogen) atoms. The molecule has 1 rings (SSSR count). The number of non-ortho nitro benzene ring substituents is 1. The third-order valence-electron chi connectivity index (χ3n) is 2.91. The van der Waals surface area contributed by atoms with Crippen molar-refractivity contribution in [2.75, 3.05) is 31.2 Å². The standard InChI is InChI=1S/C12H20N4O2/c1-9(2)15(3)7-6-14-12-5-4-10(16(17)18)8-11(12)13/h4-5,8-9,14H,6-7,13H2,1-3H3. The summed E-state index contributed by atoms with van der Waals surface area (Å²) in [5.74, 6) is 0. The number of nitro groups is 1. The summed E-state index contributed by atoms with van der Waals surface area (Å²) in [6.45, 7) is 5.88. The van der Waals surface area contributed by atoms with Crippen LogP contribution in [0, 0.1) is 10.1 Å². The molecule has 6 heteroatoms. The monoisotopic (exact) mass is 252 g/mol. The smallest absolute Gasteiger partial charge is 0.271 e. The lowest BCUT2D eigenvalue weighted by Gasteiger charge is -2.21. The summed E-state index contributed by atoms with van der Waals surface area (Å²) in [6, 6.07) is 4.95. The molecule has 0 bridgehead atoms. The fourth-order valence-corrected chi connectivity index (χ4v) is 1.45. The van der Waals surface area contributed by atoms with Crippen LogP contribution in [-0.4, -0.2) is 36.0 Å². The predicted molar refractivity (Wildman–Crippen MR) is 73.8 cm³/mol. The van der Waals surface area contributed by atoms with Gasteiger partial charge in [-0.1, -0.05) is 0 Å². The molecule has 0 fully saturated rings. The summed E-state index contributed by atoms with van der Waals surface area (Å²) in [5, 5.41) is 13.7. The first-order valence-corrected chi connectivity index (χ1v) is 5.90. The van der Waals surface area contributed by atoms with E-state index in [1.807, 2.05) is 7.05 Å². The van der Waals surface area contributed by atoms with E-state index < -0.39 is 4.92 Å². The molecule has 1 aromatic carbocycles. The minimum absolute atomic E-state index is 0.0114. The molecule has 1 aromatic rings. The Morgan fingerprint density at radius 2 is 2.17 bits per heavy atom. The van der Waals surface area contributed by atoms with Crippen molar-refractivity contribution in [3.63, 3.8) is 0 Å². The second-order valence-electron chi connectivity index (χ2n) is 4.53.